The van der Waals surface area contributed by atoms with Crippen LogP contribution in [0.2, 0.25) is 0 Å². The van der Waals surface area contributed by atoms with Gasteiger partial charge in [0, 0.05) is 28.5 Å². The van der Waals surface area contributed by atoms with Gasteiger partial charge in [-0.2, -0.15) is 5.10 Å². The number of aliphatic hydroxyl groups is 3. The summed E-state index contributed by atoms with van der Waals surface area (Å²) < 4.78 is 24.0. The lowest BCUT2D eigenvalue weighted by atomic mass is 9.55. The van der Waals surface area contributed by atoms with Gasteiger partial charge < -0.3 is 25.0 Å². The Bertz CT molecular complexity index is 1370. The van der Waals surface area contributed by atoms with Crippen LogP contribution in [0.3, 0.4) is 0 Å². The molecule has 9 unspecified atom stereocenters. The smallest absolute Gasteiger partial charge is 0.197 e. The van der Waals surface area contributed by atoms with E-state index >= 15 is 4.39 Å². The van der Waals surface area contributed by atoms with Gasteiger partial charge in [-0.05, 0) is 82.0 Å². The molecule has 1 aromatic heterocycles. The number of hydrogen-bond donors (Lipinski definition) is 4. The molecule has 2 saturated heterocycles. The fraction of sp³-hybridized carbons (Fsp3) is 0.621. The van der Waals surface area contributed by atoms with E-state index in [2.05, 4.69) is 35.3 Å². The summed E-state index contributed by atoms with van der Waals surface area (Å²) in [6.07, 6.45) is 2.32. The summed E-state index contributed by atoms with van der Waals surface area (Å²) in [7, 11) is 3.64. The van der Waals surface area contributed by atoms with Gasteiger partial charge in [0.05, 0.1) is 17.2 Å². The normalized spacial score (nSPS) is 46.5. The first-order chi connectivity index (χ1) is 17.5. The number of nitrogens with zero attached hydrogens (tertiary/aromatic N) is 2. The van der Waals surface area contributed by atoms with Crippen molar-refractivity contribution < 1.29 is 24.4 Å². The second-order valence-corrected chi connectivity index (χ2v) is 12.6. The van der Waals surface area contributed by atoms with Crippen LogP contribution in [0.15, 0.2) is 35.9 Å². The Morgan fingerprint density at radius 3 is 2.70 bits per heavy atom. The molecule has 8 heteroatoms. The molecule has 7 rings (SSSR count). The molecule has 2 bridgehead atoms. The minimum atomic E-state index is -2.46. The number of rotatable bonds is 2. The molecule has 37 heavy (non-hydrogen) atoms. The van der Waals surface area contributed by atoms with Crippen molar-refractivity contribution >= 4 is 16.5 Å². The number of nitrogens with one attached hydrogen (secondary N) is 1. The summed E-state index contributed by atoms with van der Waals surface area (Å²) in [5, 5.41) is 42.1. The molecule has 4 N–H and O–H groups in total. The Kier molecular flexibility index (Phi) is 4.73. The molecule has 9 atom stereocenters. The summed E-state index contributed by atoms with van der Waals surface area (Å²) >= 11 is 0. The zero-order valence-electron chi connectivity index (χ0n) is 21.8. The summed E-state index contributed by atoms with van der Waals surface area (Å²) in [4.78, 5) is 1.82. The zero-order valence-corrected chi connectivity index (χ0v) is 21.8. The van der Waals surface area contributed by atoms with Gasteiger partial charge in [-0.15, -0.1) is 0 Å². The van der Waals surface area contributed by atoms with Gasteiger partial charge in [0.15, 0.2) is 5.67 Å². The molecule has 5 aliphatic rings. The maximum Gasteiger partial charge on any atom is 0.197 e. The number of fused-ring (bicyclic) bond motifs is 2. The van der Waals surface area contributed by atoms with E-state index in [1.54, 1.807) is 0 Å². The van der Waals surface area contributed by atoms with Gasteiger partial charge in [-0.25, -0.2) is 4.39 Å². The van der Waals surface area contributed by atoms with Crippen LogP contribution in [-0.4, -0.2) is 85.7 Å². The highest BCUT2D eigenvalue weighted by atomic mass is 19.1. The van der Waals surface area contributed by atoms with Crippen LogP contribution in [0.25, 0.3) is 16.5 Å². The predicted octanol–water partition coefficient (Wildman–Crippen LogP) is 3.04. The number of aromatic amines is 1. The molecule has 2 spiro atoms. The van der Waals surface area contributed by atoms with E-state index in [0.717, 1.165) is 28.6 Å². The zero-order chi connectivity index (χ0) is 26.1. The number of hydrogen-bond acceptors (Lipinski definition) is 6. The number of benzene rings is 1. The average Bonchev–Trinajstić information content (AvgIpc) is 3.53. The van der Waals surface area contributed by atoms with Crippen molar-refractivity contribution in [2.45, 2.75) is 87.2 Å². The third kappa shape index (κ3) is 2.66. The van der Waals surface area contributed by atoms with Crippen LogP contribution in [0.1, 0.15) is 50.3 Å². The van der Waals surface area contributed by atoms with Gasteiger partial charge in [-0.3, -0.25) is 5.10 Å². The van der Waals surface area contributed by atoms with Crippen molar-refractivity contribution in [1.82, 2.24) is 15.1 Å². The molecule has 3 fully saturated rings. The first kappa shape index (κ1) is 24.0. The fourth-order valence-corrected chi connectivity index (χ4v) is 8.84. The molecule has 0 amide bonds. The molecular weight excluding hydrogens is 473 g/mol. The molecular formula is C29H36FN3O4. The van der Waals surface area contributed by atoms with E-state index in [9.17, 15) is 15.3 Å². The minimum Gasteiger partial charge on any atom is -0.389 e. The van der Waals surface area contributed by atoms with Crippen LogP contribution in [-0.2, 0) is 4.74 Å². The number of allylic oxidation sites excluding steroid dienone is 3. The van der Waals surface area contributed by atoms with Gasteiger partial charge in [0.2, 0.25) is 0 Å². The third-order valence-electron chi connectivity index (χ3n) is 10.8. The summed E-state index contributed by atoms with van der Waals surface area (Å²) in [6.45, 7) is 4.29. The highest BCUT2D eigenvalue weighted by molar-refractivity contribution is 5.87. The Balaban J connectivity index is 1.32. The molecule has 1 aromatic carbocycles. The number of halogens is 1. The number of alkyl halides is 1. The van der Waals surface area contributed by atoms with Crippen molar-refractivity contribution in [3.63, 3.8) is 0 Å². The number of ether oxygens (including phenoxy) is 1. The highest BCUT2D eigenvalue weighted by Gasteiger charge is 2.79. The topological polar surface area (TPSA) is 102 Å². The van der Waals surface area contributed by atoms with Crippen molar-refractivity contribution in [2.24, 2.45) is 11.3 Å². The number of aryl methyl sites for hydroxylation is 1. The molecule has 3 aliphatic carbocycles. The molecule has 2 aliphatic heterocycles. The second kappa shape index (κ2) is 7.30. The Morgan fingerprint density at radius 2 is 1.95 bits per heavy atom. The second-order valence-electron chi connectivity index (χ2n) is 12.6. The predicted molar refractivity (Wildman–Crippen MR) is 137 cm³/mol. The van der Waals surface area contributed by atoms with Crippen LogP contribution in [0.4, 0.5) is 4.39 Å². The highest BCUT2D eigenvalue weighted by Crippen LogP contribution is 2.70. The van der Waals surface area contributed by atoms with Crippen molar-refractivity contribution in [3.05, 3.63) is 47.2 Å². The van der Waals surface area contributed by atoms with Crippen molar-refractivity contribution in [1.29, 1.82) is 0 Å². The van der Waals surface area contributed by atoms with Crippen LogP contribution >= 0.6 is 0 Å². The van der Waals surface area contributed by atoms with Gasteiger partial charge >= 0.3 is 0 Å². The molecule has 7 nitrogen and oxygen atoms in total. The first-order valence-electron chi connectivity index (χ1n) is 13.4. The van der Waals surface area contributed by atoms with Crippen LogP contribution < -0.4 is 0 Å². The largest absolute Gasteiger partial charge is 0.389 e. The van der Waals surface area contributed by atoms with Crippen LogP contribution in [0.5, 0.6) is 0 Å². The van der Waals surface area contributed by atoms with E-state index < -0.39 is 41.2 Å². The van der Waals surface area contributed by atoms with Gasteiger partial charge in [-0.1, -0.05) is 25.1 Å². The van der Waals surface area contributed by atoms with Crippen molar-refractivity contribution in [2.75, 3.05) is 14.1 Å². The molecule has 0 radical (unpaired) electrons. The Labute approximate surface area is 216 Å². The lowest BCUT2D eigenvalue weighted by molar-refractivity contribution is -0.308. The minimum absolute atomic E-state index is 0.0384. The van der Waals surface area contributed by atoms with Gasteiger partial charge in [0.1, 0.15) is 17.8 Å². The van der Waals surface area contributed by atoms with Crippen LogP contribution in [0, 0.1) is 18.3 Å². The molecule has 2 aromatic rings. The monoisotopic (exact) mass is 509 g/mol. The quantitative estimate of drug-likeness (QED) is 0.465. The van der Waals surface area contributed by atoms with E-state index in [4.69, 9.17) is 4.74 Å². The molecule has 1 saturated carbocycles. The number of aliphatic hydroxyl groups excluding tert-OH is 3. The lowest BCUT2D eigenvalue weighted by Crippen LogP contribution is -2.78. The lowest BCUT2D eigenvalue weighted by Gasteiger charge is -2.62. The average molecular weight is 510 g/mol. The summed E-state index contributed by atoms with van der Waals surface area (Å²) in [5.74, 6) is 0.0384. The third-order valence-corrected chi connectivity index (χ3v) is 10.8. The molecule has 3 heterocycles. The Hall–Kier alpha value is -2.10. The van der Waals surface area contributed by atoms with E-state index in [0.29, 0.717) is 24.8 Å². The maximum absolute atomic E-state index is 17.0. The van der Waals surface area contributed by atoms with E-state index in [1.165, 1.54) is 5.57 Å². The van der Waals surface area contributed by atoms with Gasteiger partial charge in [0.25, 0.3) is 0 Å². The summed E-state index contributed by atoms with van der Waals surface area (Å²) in [5.41, 5.74) is 0.0763. The standard InChI is InChI=1S/C29H36FN3O4/c1-15-17-13-16(5-7-20(17)32-31-15)18-6-8-22-26(18,2)10-9-19-24(35)29(30)25(36)23(34)21(33(3)4)14-27(29)11-12-28(19,22)37-27/h5-7,9,13,21-25,34-36H,8,10-12,14H2,1-4H3,(H,31,32). The van der Waals surface area contributed by atoms with Crippen molar-refractivity contribution in [3.8, 4) is 0 Å². The summed E-state index contributed by atoms with van der Waals surface area (Å²) in [6, 6.07) is 5.90. The first-order valence-corrected chi connectivity index (χ1v) is 13.4. The molecule has 198 valence electrons. The number of H-pyrrole nitrogens is 1. The van der Waals surface area contributed by atoms with E-state index in [-0.39, 0.29) is 17.8 Å². The Morgan fingerprint density at radius 1 is 1.16 bits per heavy atom. The number of aromatic nitrogens is 2. The van der Waals surface area contributed by atoms with E-state index in [1.807, 2.05) is 38.1 Å². The maximum atomic E-state index is 17.0. The SMILES string of the molecule is Cc1[nH]nc2ccc(C3=CCC4C3(C)CC=C3C(O)C5(F)C(O)C(O)C(N(C)C)CC56CCC34O6)cc12. The number of likely N-dealkylation sites (N-methyl/N-ethyl adjacent to an activating group) is 1. The fourth-order valence-electron chi connectivity index (χ4n) is 8.84.